The first-order valence-electron chi connectivity index (χ1n) is 8.73. The summed E-state index contributed by atoms with van der Waals surface area (Å²) in [6.45, 7) is 13.3. The smallest absolute Gasteiger partial charge is 0.425 e. The predicted molar refractivity (Wildman–Crippen MR) is 105 cm³/mol. The highest BCUT2D eigenvalue weighted by molar-refractivity contribution is 7.99. The molecule has 1 aromatic carbocycles. The van der Waals surface area contributed by atoms with E-state index < -0.39 is 16.3 Å². The van der Waals surface area contributed by atoms with E-state index >= 15 is 0 Å². The summed E-state index contributed by atoms with van der Waals surface area (Å²) in [7, 11) is 1.61. The minimum absolute atomic E-state index is 0.0698. The summed E-state index contributed by atoms with van der Waals surface area (Å²) in [4.78, 5) is 25.1. The molecule has 0 aromatic heterocycles. The number of ketones is 1. The van der Waals surface area contributed by atoms with Gasteiger partial charge in [-0.2, -0.15) is 0 Å². The van der Waals surface area contributed by atoms with E-state index in [2.05, 4.69) is 0 Å². The molecule has 0 aliphatic carbocycles. The minimum Gasteiger partial charge on any atom is -0.483 e. The van der Waals surface area contributed by atoms with Crippen LogP contribution < -0.4 is 9.47 Å². The number of hydrogen-bond donors (Lipinski definition) is 0. The number of amides is 1. The summed E-state index contributed by atoms with van der Waals surface area (Å²) < 4.78 is 12.1. The molecule has 0 spiro atoms. The van der Waals surface area contributed by atoms with Gasteiger partial charge in [-0.15, -0.1) is 0 Å². The predicted octanol–water partition coefficient (Wildman–Crippen LogP) is 4.87. The van der Waals surface area contributed by atoms with Crippen molar-refractivity contribution in [1.82, 2.24) is 4.31 Å². The van der Waals surface area contributed by atoms with Gasteiger partial charge in [-0.1, -0.05) is 32.9 Å². The van der Waals surface area contributed by atoms with Crippen LogP contribution in [0.1, 0.15) is 54.0 Å². The minimum atomic E-state index is -0.747. The molecule has 6 heteroatoms. The van der Waals surface area contributed by atoms with E-state index in [-0.39, 0.29) is 11.4 Å². The third-order valence-electron chi connectivity index (χ3n) is 4.10. The monoisotopic (exact) mass is 379 g/mol. The van der Waals surface area contributed by atoms with E-state index in [0.29, 0.717) is 11.5 Å². The second kappa shape index (κ2) is 6.80. The Morgan fingerprint density at radius 3 is 2.38 bits per heavy atom. The van der Waals surface area contributed by atoms with Crippen molar-refractivity contribution in [3.63, 3.8) is 0 Å². The Morgan fingerprint density at radius 1 is 1.19 bits per heavy atom. The van der Waals surface area contributed by atoms with Crippen molar-refractivity contribution in [3.8, 4) is 11.5 Å². The van der Waals surface area contributed by atoms with Gasteiger partial charge in [0.25, 0.3) is 0 Å². The number of fused-ring (bicyclic) bond motifs is 1. The molecule has 1 aliphatic rings. The maximum Gasteiger partial charge on any atom is 0.425 e. The van der Waals surface area contributed by atoms with Crippen molar-refractivity contribution in [1.29, 1.82) is 0 Å². The number of nitrogens with zero attached hydrogens (tertiary/aromatic N) is 1. The van der Waals surface area contributed by atoms with Crippen LogP contribution in [0, 0.1) is 5.41 Å². The van der Waals surface area contributed by atoms with Gasteiger partial charge in [0.1, 0.15) is 5.60 Å². The number of benzene rings is 1. The fraction of sp³-hybridized carbons (Fsp3) is 0.600. The third-order valence-corrected chi connectivity index (χ3v) is 5.17. The SMILES string of the molecule is CN(SC(C)(C)C(=O)C(C)(C)C)C(=O)Oc1cccc2c1OC(C)(C)C2. The number of ether oxygens (including phenoxy) is 2. The molecule has 1 heterocycles. The number of para-hydroxylation sites is 1. The van der Waals surface area contributed by atoms with Crippen LogP contribution in [0.2, 0.25) is 0 Å². The van der Waals surface area contributed by atoms with Gasteiger partial charge < -0.3 is 9.47 Å². The van der Waals surface area contributed by atoms with Crippen LogP contribution in [0.3, 0.4) is 0 Å². The molecule has 0 atom stereocenters. The van der Waals surface area contributed by atoms with Gasteiger partial charge in [-0.3, -0.25) is 9.10 Å². The molecule has 2 rings (SSSR count). The number of carbonyl (C=O) groups excluding carboxylic acids is 2. The molecule has 5 nitrogen and oxygen atoms in total. The van der Waals surface area contributed by atoms with E-state index in [9.17, 15) is 9.59 Å². The lowest BCUT2D eigenvalue weighted by atomic mass is 9.84. The van der Waals surface area contributed by atoms with Gasteiger partial charge >= 0.3 is 6.09 Å². The summed E-state index contributed by atoms with van der Waals surface area (Å²) >= 11 is 1.17. The normalized spacial score (nSPS) is 15.8. The zero-order valence-electron chi connectivity index (χ0n) is 16.9. The Kier molecular flexibility index (Phi) is 5.39. The lowest BCUT2D eigenvalue weighted by molar-refractivity contribution is -0.128. The van der Waals surface area contributed by atoms with Gasteiger partial charge in [0.2, 0.25) is 0 Å². The molecule has 0 saturated carbocycles. The van der Waals surface area contributed by atoms with E-state index in [1.165, 1.54) is 16.3 Å². The average Bonchev–Trinajstić information content (AvgIpc) is 2.80. The number of carbonyl (C=O) groups is 2. The molecule has 0 fully saturated rings. The fourth-order valence-electron chi connectivity index (χ4n) is 3.15. The second-order valence-electron chi connectivity index (χ2n) is 8.83. The molecule has 0 radical (unpaired) electrons. The number of hydrogen-bond acceptors (Lipinski definition) is 5. The van der Waals surface area contributed by atoms with E-state index in [1.54, 1.807) is 13.1 Å². The Bertz CT molecular complexity index is 719. The molecule has 26 heavy (non-hydrogen) atoms. The molecule has 0 saturated heterocycles. The quantitative estimate of drug-likeness (QED) is 0.698. The summed E-state index contributed by atoms with van der Waals surface area (Å²) in [6.07, 6.45) is 0.234. The Morgan fingerprint density at radius 2 is 1.81 bits per heavy atom. The van der Waals surface area contributed by atoms with Crippen molar-refractivity contribution >= 4 is 23.8 Å². The second-order valence-corrected chi connectivity index (χ2v) is 10.6. The van der Waals surface area contributed by atoms with Crippen molar-refractivity contribution in [2.45, 2.75) is 65.2 Å². The lowest BCUT2D eigenvalue weighted by Gasteiger charge is -2.32. The standard InChI is InChI=1S/C20H29NO4S/c1-18(2,3)16(22)20(6,7)26-21(8)17(23)24-14-11-9-10-13-12-19(4,5)25-15(13)14/h9-11H,12H2,1-8H3. The van der Waals surface area contributed by atoms with Crippen molar-refractivity contribution in [3.05, 3.63) is 23.8 Å². The maximum atomic E-state index is 12.6. The molecular weight excluding hydrogens is 350 g/mol. The first kappa shape index (κ1) is 20.6. The molecule has 0 N–H and O–H groups in total. The first-order chi connectivity index (χ1) is 11.7. The van der Waals surface area contributed by atoms with E-state index in [0.717, 1.165) is 12.0 Å². The highest BCUT2D eigenvalue weighted by Gasteiger charge is 2.39. The topological polar surface area (TPSA) is 55.8 Å². The molecule has 1 amide bonds. The van der Waals surface area contributed by atoms with Gasteiger partial charge in [-0.25, -0.2) is 4.79 Å². The van der Waals surface area contributed by atoms with Gasteiger partial charge in [0, 0.05) is 24.4 Å². The van der Waals surface area contributed by atoms with Crippen molar-refractivity contribution in [2.24, 2.45) is 5.41 Å². The van der Waals surface area contributed by atoms with Gasteiger partial charge in [0.15, 0.2) is 17.3 Å². The lowest BCUT2D eigenvalue weighted by Crippen LogP contribution is -2.41. The summed E-state index contributed by atoms with van der Waals surface area (Å²) in [5, 5.41) is 0. The van der Waals surface area contributed by atoms with Crippen LogP contribution in [0.5, 0.6) is 11.5 Å². The molecular formula is C20H29NO4S. The van der Waals surface area contributed by atoms with Gasteiger partial charge in [0.05, 0.1) is 4.75 Å². The van der Waals surface area contributed by atoms with Crippen LogP contribution in [0.25, 0.3) is 0 Å². The number of rotatable bonds is 4. The summed E-state index contributed by atoms with van der Waals surface area (Å²) in [5.74, 6) is 1.10. The Hall–Kier alpha value is -1.69. The van der Waals surface area contributed by atoms with E-state index in [1.807, 2.05) is 60.6 Å². The molecule has 1 aliphatic heterocycles. The molecule has 0 unspecified atom stereocenters. The third kappa shape index (κ3) is 4.53. The molecule has 144 valence electrons. The van der Waals surface area contributed by atoms with Crippen LogP contribution in [-0.2, 0) is 11.2 Å². The van der Waals surface area contributed by atoms with Crippen molar-refractivity contribution < 1.29 is 19.1 Å². The van der Waals surface area contributed by atoms with Crippen molar-refractivity contribution in [2.75, 3.05) is 7.05 Å². The van der Waals surface area contributed by atoms with Crippen LogP contribution >= 0.6 is 11.9 Å². The van der Waals surface area contributed by atoms with Crippen LogP contribution in [0.15, 0.2) is 18.2 Å². The Labute approximate surface area is 160 Å². The highest BCUT2D eigenvalue weighted by atomic mass is 32.2. The van der Waals surface area contributed by atoms with E-state index in [4.69, 9.17) is 9.47 Å². The maximum absolute atomic E-state index is 12.6. The zero-order chi connectivity index (χ0) is 19.9. The van der Waals surface area contributed by atoms with Crippen LogP contribution in [0.4, 0.5) is 4.79 Å². The first-order valence-corrected chi connectivity index (χ1v) is 9.51. The zero-order valence-corrected chi connectivity index (χ0v) is 17.7. The largest absolute Gasteiger partial charge is 0.483 e. The summed E-state index contributed by atoms with van der Waals surface area (Å²) in [6, 6.07) is 5.56. The van der Waals surface area contributed by atoms with Crippen LogP contribution in [-0.4, -0.2) is 33.6 Å². The molecule has 0 bridgehead atoms. The number of Topliss-reactive ketones (excluding diaryl/α,β-unsaturated/α-hetero) is 1. The average molecular weight is 380 g/mol. The summed E-state index contributed by atoms with van der Waals surface area (Å²) in [5.41, 5.74) is 0.229. The highest BCUT2D eigenvalue weighted by Crippen LogP contribution is 2.42. The van der Waals surface area contributed by atoms with Gasteiger partial charge in [-0.05, 0) is 45.7 Å². The Balaban J connectivity index is 2.10. The fourth-order valence-corrected chi connectivity index (χ4v) is 4.34. The molecule has 1 aromatic rings.